The van der Waals surface area contributed by atoms with Gasteiger partial charge in [-0.15, -0.1) is 6.58 Å². The molecule has 6 aliphatic rings. The number of anilines is 3. The van der Waals surface area contributed by atoms with Gasteiger partial charge < -0.3 is 69.2 Å². The van der Waals surface area contributed by atoms with Crippen LogP contribution in [0, 0.1) is 0 Å². The number of thiol groups is 1. The van der Waals surface area contributed by atoms with E-state index >= 15 is 0 Å². The third kappa shape index (κ3) is 22.9. The number of aliphatic carboxylic acids is 3. The molecule has 134 heavy (non-hydrogen) atoms. The highest BCUT2D eigenvalue weighted by Crippen LogP contribution is 2.48. The molecule has 0 aromatic heterocycles. The molecule has 698 valence electrons. The van der Waals surface area contributed by atoms with Crippen LogP contribution in [0.5, 0.6) is 0 Å². The smallest absolute Gasteiger partial charge is 0.304 e. The maximum absolute atomic E-state index is 12.9. The van der Waals surface area contributed by atoms with Crippen molar-refractivity contribution in [2.75, 3.05) is 142 Å². The van der Waals surface area contributed by atoms with E-state index in [4.69, 9.17) is 24.8 Å². The molecule has 8 aromatic rings. The van der Waals surface area contributed by atoms with Crippen molar-refractivity contribution in [3.63, 3.8) is 0 Å². The van der Waals surface area contributed by atoms with Crippen molar-refractivity contribution in [3.8, 4) is 0 Å². The number of rotatable bonds is 29. The number of hydrogen-bond acceptors (Lipinski definition) is 18. The molecule has 8 aromatic carbocycles. The van der Waals surface area contributed by atoms with Gasteiger partial charge in [-0.2, -0.15) is 24.4 Å². The highest BCUT2D eigenvalue weighted by atomic mass is 32.2. The molecule has 3 aliphatic heterocycles. The summed E-state index contributed by atoms with van der Waals surface area (Å²) >= 11 is 5.37. The van der Waals surface area contributed by atoms with E-state index in [1.165, 1.54) is 35.0 Å². The zero-order chi connectivity index (χ0) is 98.0. The van der Waals surface area contributed by atoms with Crippen LogP contribution in [-0.2, 0) is 40.4 Å². The Morgan fingerprint density at radius 1 is 0.448 bits per heavy atom. The van der Waals surface area contributed by atoms with Gasteiger partial charge in [0.05, 0.1) is 37.2 Å². The first kappa shape index (κ1) is 104. The number of benzene rings is 8. The molecular formula is C106H118N6O16S3Si3. The van der Waals surface area contributed by atoms with Crippen LogP contribution in [0.25, 0.3) is 16.7 Å². The van der Waals surface area contributed by atoms with Gasteiger partial charge in [-0.1, -0.05) is 177 Å². The SMILES string of the molecule is C=C[Si]1(C)C2=CC(=[N+](C)C)C=CC2=C(c2ccccc2C(=O)[O-])c2ccc(N(C)C)cc21.CN(C)c1ccc2c(c1)[Si](C)(CCS(=O)CCC(=O)O)C1=CC(=[N+](C)C)C=CC1=C2c1ccccc1C(=O)[O-].CN(C)c1ccc2c(c1)[Si](C)(CCSCCC(=O)O)C1=CC(=[N+](C)C)C=CC1=C2c1ccccc1C(=O)[O-].COC(OC)(C(=O)c1ccccc1)c1ccccc1.O=C(O)CCS. The fourth-order valence-electron chi connectivity index (χ4n) is 17.3. The lowest BCUT2D eigenvalue weighted by atomic mass is 9.87. The summed E-state index contributed by atoms with van der Waals surface area (Å²) in [5.41, 5.74) is 21.3. The van der Waals surface area contributed by atoms with Gasteiger partial charge in [0.25, 0.3) is 5.79 Å². The molecule has 28 heteroatoms. The minimum Gasteiger partial charge on any atom is -0.545 e. The minimum atomic E-state index is -2.55. The monoisotopic (exact) mass is 1910 g/mol. The topological polar surface area (TPSA) is 304 Å². The number of allylic oxidation sites excluding steroid dienone is 15. The first-order valence-electron chi connectivity index (χ1n) is 43.7. The van der Waals surface area contributed by atoms with Crippen molar-refractivity contribution in [1.82, 2.24) is 0 Å². The van der Waals surface area contributed by atoms with Gasteiger partial charge in [0, 0.05) is 172 Å². The largest absolute Gasteiger partial charge is 0.545 e. The summed E-state index contributed by atoms with van der Waals surface area (Å²) < 4.78 is 30.0. The first-order valence-corrected chi connectivity index (χ1v) is 55.0. The Kier molecular flexibility index (Phi) is 35.1. The predicted octanol–water partition coefficient (Wildman–Crippen LogP) is 11.5. The average Bonchev–Trinajstić information content (AvgIpc) is 0.725. The van der Waals surface area contributed by atoms with E-state index in [2.05, 4.69) is 161 Å². The Balaban J connectivity index is 0.000000185. The maximum atomic E-state index is 12.9. The van der Waals surface area contributed by atoms with Crippen LogP contribution in [0.3, 0.4) is 0 Å². The Hall–Kier alpha value is -12.5. The van der Waals surface area contributed by atoms with Crippen LogP contribution in [-0.4, -0.2) is 244 Å². The Labute approximate surface area is 801 Å². The summed E-state index contributed by atoms with van der Waals surface area (Å²) in [6.45, 7) is 11.3. The fraction of sp³-hybridized carbons (Fsp3) is 0.264. The summed E-state index contributed by atoms with van der Waals surface area (Å²) in [4.78, 5) is 86.9. The summed E-state index contributed by atoms with van der Waals surface area (Å²) in [6, 6.07) is 60.3. The summed E-state index contributed by atoms with van der Waals surface area (Å²) in [5.74, 6) is -5.30. The number of thioether (sulfide) groups is 1. The number of fused-ring (bicyclic) bond motifs is 6. The van der Waals surface area contributed by atoms with Gasteiger partial charge in [0.2, 0.25) is 5.78 Å². The van der Waals surface area contributed by atoms with Crippen molar-refractivity contribution in [2.24, 2.45) is 0 Å². The second kappa shape index (κ2) is 45.5. The lowest BCUT2D eigenvalue weighted by Gasteiger charge is -2.41. The van der Waals surface area contributed by atoms with Crippen LogP contribution in [0.15, 0.2) is 287 Å². The molecule has 22 nitrogen and oxygen atoms in total. The van der Waals surface area contributed by atoms with Crippen LogP contribution < -0.4 is 45.6 Å². The van der Waals surface area contributed by atoms with Gasteiger partial charge in [0.1, 0.15) is 66.5 Å². The highest BCUT2D eigenvalue weighted by Gasteiger charge is 2.48. The van der Waals surface area contributed by atoms with E-state index in [-0.39, 0.29) is 47.5 Å². The molecule has 3 N–H and O–H groups in total. The number of ether oxygens (including phenoxy) is 2. The zero-order valence-electron chi connectivity index (χ0n) is 79.0. The van der Waals surface area contributed by atoms with Crippen LogP contribution in [0.1, 0.15) is 99.6 Å². The second-order valence-electron chi connectivity index (χ2n) is 34.6. The zero-order valence-corrected chi connectivity index (χ0v) is 84.6. The van der Waals surface area contributed by atoms with E-state index in [9.17, 15) is 53.1 Å². The second-order valence-corrected chi connectivity index (χ2v) is 50.4. The standard InChI is InChI=1S/C30H34N2O5SSi.C30H34N2O4SSi.C27H28N2O2Si.C16H16O3.C3H6O2S/c1-31(2)20-10-12-24-26(18-20)39(5,17-16-38(37)15-14-28(33)34)27-19-21(32(3)4)11-13-25(27)29(24)22-8-6-7-9-23(22)30(35)36;1-31(2)20-10-12-24-26(18-20)38(5,17-16-37-15-14-28(33)34)27-19-21(32(3)4)11-13-25(27)29(24)22-8-6-7-9-23(22)30(35)36;1-7-32(6)24-16-18(28(2)3)12-14-22(24)26(20-10-8-9-11-21(20)27(30)31)23-15-13-19(29(4)5)17-25(23)32;1-18-16(19-2,14-11-7-4-8-12-14)15(17)13-9-5-3-6-10-13;4-3(5)1-2-6/h6-13,18-19H,14-17H2,1-5H3,(H-,33,34,35,36);6-13,18-19H,14-17H2,1-5H3,(H-,33,34,35,36);7-17H,1H2,2-6H3;3-12H,1-2H3;6H,1-2H2,(H,4,5). The summed E-state index contributed by atoms with van der Waals surface area (Å²) in [7, 11) is 18.7. The first-order chi connectivity index (χ1) is 63.7. The van der Waals surface area contributed by atoms with Crippen molar-refractivity contribution < 1.29 is 91.6 Å². The number of nitrogens with zero attached hydrogens (tertiary/aromatic N) is 6. The third-order valence-corrected chi connectivity index (χ3v) is 40.9. The van der Waals surface area contributed by atoms with Crippen molar-refractivity contribution in [3.05, 3.63) is 349 Å². The summed E-state index contributed by atoms with van der Waals surface area (Å²) in [5, 5.41) is 69.7. The maximum Gasteiger partial charge on any atom is 0.304 e. The van der Waals surface area contributed by atoms with Crippen LogP contribution in [0.4, 0.5) is 17.1 Å². The molecule has 0 saturated carbocycles. The molecule has 4 atom stereocenters. The lowest BCUT2D eigenvalue weighted by molar-refractivity contribution is -0.462. The van der Waals surface area contributed by atoms with E-state index in [0.29, 0.717) is 51.1 Å². The number of carbonyl (C=O) groups is 7. The van der Waals surface area contributed by atoms with Gasteiger partial charge >= 0.3 is 17.9 Å². The molecule has 0 fully saturated rings. The van der Waals surface area contributed by atoms with Gasteiger partial charge in [-0.05, 0) is 170 Å². The lowest BCUT2D eigenvalue weighted by Crippen LogP contribution is -2.53. The molecule has 0 bridgehead atoms. The number of carbonyl (C=O) groups excluding carboxylic acids is 4. The van der Waals surface area contributed by atoms with Crippen molar-refractivity contribution in [2.45, 2.75) is 56.8 Å². The number of carboxylic acid groups (broad SMARTS) is 6. The normalized spacial score (nSPS) is 17.1. The molecule has 0 spiro atoms. The van der Waals surface area contributed by atoms with Gasteiger partial charge in [-0.3, -0.25) is 23.4 Å². The Morgan fingerprint density at radius 3 is 1.15 bits per heavy atom. The highest BCUT2D eigenvalue weighted by molar-refractivity contribution is 7.99. The molecule has 3 heterocycles. The number of Topliss-reactive ketones (excluding diaryl/α,β-unsaturated/α-hetero) is 1. The molecule has 3 aliphatic carbocycles. The third-order valence-electron chi connectivity index (χ3n) is 24.9. The van der Waals surface area contributed by atoms with Gasteiger partial charge in [0.15, 0.2) is 17.1 Å². The Bertz CT molecular complexity index is 6340. The quantitative estimate of drug-likeness (QED) is 0.00845. The van der Waals surface area contributed by atoms with E-state index < -0.39 is 76.6 Å². The molecule has 0 amide bonds. The van der Waals surface area contributed by atoms with Crippen LogP contribution in [0.2, 0.25) is 31.7 Å². The van der Waals surface area contributed by atoms with Crippen molar-refractivity contribution >= 4 is 167 Å². The number of methoxy groups -OCH3 is 2. The molecule has 0 saturated heterocycles. The Morgan fingerprint density at radius 2 is 0.799 bits per heavy atom. The average molecular weight is 1910 g/mol. The molecule has 0 radical (unpaired) electrons. The number of carboxylic acids is 6. The predicted molar refractivity (Wildman–Crippen MR) is 548 cm³/mol. The summed E-state index contributed by atoms with van der Waals surface area (Å²) in [6.07, 6.45) is 19.5. The number of ketones is 1. The molecular weight excluding hydrogens is 1790 g/mol. The van der Waals surface area contributed by atoms with E-state index in [0.717, 1.165) is 107 Å². The molecule has 14 rings (SSSR count). The van der Waals surface area contributed by atoms with Gasteiger partial charge in [-0.25, -0.2) is 13.7 Å². The van der Waals surface area contributed by atoms with Crippen molar-refractivity contribution in [1.29, 1.82) is 0 Å². The molecule has 4 unspecified atom stereocenters. The number of aromatic carboxylic acids is 3. The fourth-order valence-corrected chi connectivity index (χ4v) is 33.3. The van der Waals surface area contributed by atoms with Crippen LogP contribution >= 0.6 is 24.4 Å². The minimum absolute atomic E-state index is 0.120. The number of hydrogen-bond donors (Lipinski definition) is 4. The van der Waals surface area contributed by atoms with E-state index in [1.807, 2.05) is 191 Å². The van der Waals surface area contributed by atoms with E-state index in [1.54, 1.807) is 60.3 Å².